The summed E-state index contributed by atoms with van der Waals surface area (Å²) in [6, 6.07) is 80.4. The van der Waals surface area contributed by atoms with E-state index >= 15 is 0 Å². The monoisotopic (exact) mass is 1770 g/mol. The van der Waals surface area contributed by atoms with Crippen molar-refractivity contribution >= 4 is 73.5 Å². The van der Waals surface area contributed by atoms with Crippen molar-refractivity contribution in [2.75, 3.05) is 33.5 Å². The predicted octanol–water partition coefficient (Wildman–Crippen LogP) is 17.9. The number of ether oxygens (including phenoxy) is 3. The minimum atomic E-state index is -6.73. The summed E-state index contributed by atoms with van der Waals surface area (Å²) in [6.07, 6.45) is -16.9. The predicted molar refractivity (Wildman–Crippen MR) is 414 cm³/mol. The molecule has 0 amide bonds. The Morgan fingerprint density at radius 1 is 0.345 bits per heavy atom. The van der Waals surface area contributed by atoms with Crippen molar-refractivity contribution in [3.8, 4) is 0 Å². The van der Waals surface area contributed by atoms with Crippen LogP contribution in [0.2, 0.25) is 0 Å². The van der Waals surface area contributed by atoms with Gasteiger partial charge in [0.05, 0.1) is 66.2 Å². The molecule has 9 rings (SSSR count). The second-order valence-corrected chi connectivity index (χ2v) is 36.1. The molecule has 0 saturated carbocycles. The van der Waals surface area contributed by atoms with Crippen molar-refractivity contribution in [2.24, 2.45) is 0 Å². The zero-order valence-corrected chi connectivity index (χ0v) is 69.3. The molecule has 0 aliphatic rings. The van der Waals surface area contributed by atoms with E-state index in [2.05, 4.69) is 312 Å². The summed E-state index contributed by atoms with van der Waals surface area (Å²) in [5, 5.41) is -1.02. The maximum Gasteiger partial charge on any atom is 0.464 e. The summed E-state index contributed by atoms with van der Waals surface area (Å²) >= 11 is 0. The van der Waals surface area contributed by atoms with Crippen LogP contribution >= 0.6 is 0 Å². The second-order valence-electron chi connectivity index (χ2n) is 24.6. The molecule has 2 N–H and O–H groups in total. The standard InChI is InChI=1S/3C21H21S.C5H5F5O3S.C5H8F4O6S.C5H6F4O4S.CH4O4S/c3*1-16-4-10-19(11-5-16)22(20-12-6-17(2)7-13-20)21-14-8-18(3)9-15-21;1-2-3-13-4(6,7)5(8,9)14(10,11)12;6-4(7,15-2-3(11)1-10)5(8,9)16(12,13)14;1-2-3-13-4(6,7)5(8,9)14(10,11)12;1-5-6(2,3)4/h3*4-15H,1-3H3;2H,1,3H2;3,10-11H,1-2H2,(H,12,13,14);2H,1,3H2,(H,10,11,12);1H3,(H,2,3,4)/q3*+1;;;;/p-3. The topological polar surface area (TPSA) is 283 Å². The molecule has 9 aromatic carbocycles. The quantitative estimate of drug-likeness (QED) is 0.0127. The van der Waals surface area contributed by atoms with E-state index in [4.69, 9.17) is 10.2 Å². The lowest BCUT2D eigenvalue weighted by molar-refractivity contribution is -0.324. The number of hydrogen-bond acceptors (Lipinski definition) is 17. The average molecular weight is 1780 g/mol. The summed E-state index contributed by atoms with van der Waals surface area (Å²) in [5.74, 6) is 0. The van der Waals surface area contributed by atoms with Crippen LogP contribution in [0, 0.1) is 62.3 Å². The molecule has 116 heavy (non-hydrogen) atoms. The van der Waals surface area contributed by atoms with E-state index in [1.165, 1.54) is 94.1 Å². The number of aryl methyl sites for hydroxylation is 9. The van der Waals surface area contributed by atoms with Crippen LogP contribution in [0.4, 0.5) is 56.6 Å². The van der Waals surface area contributed by atoms with Gasteiger partial charge < -0.3 is 38.1 Å². The lowest BCUT2D eigenvalue weighted by Crippen LogP contribution is -2.49. The number of alkyl halides is 12. The number of hydrogen-bond donors (Lipinski definition) is 2. The largest absolute Gasteiger partial charge is 0.743 e. The lowest BCUT2D eigenvalue weighted by atomic mass is 10.2. The number of halogens is 13. The van der Waals surface area contributed by atoms with Crippen LogP contribution in [0.3, 0.4) is 0 Å². The van der Waals surface area contributed by atoms with Crippen molar-refractivity contribution in [1.82, 2.24) is 0 Å². The average Bonchev–Trinajstić information content (AvgIpc) is 0.777. The molecule has 0 aromatic heterocycles. The van der Waals surface area contributed by atoms with Gasteiger partial charge in [-0.1, -0.05) is 175 Å². The second kappa shape index (κ2) is 44.7. The van der Waals surface area contributed by atoms with Gasteiger partial charge in [0, 0.05) is 0 Å². The van der Waals surface area contributed by atoms with Crippen LogP contribution in [0.25, 0.3) is 0 Å². The summed E-state index contributed by atoms with van der Waals surface area (Å²) in [4.78, 5) is 12.4. The van der Waals surface area contributed by atoms with Crippen LogP contribution in [-0.4, -0.2) is 131 Å². The van der Waals surface area contributed by atoms with Gasteiger partial charge in [-0.15, -0.1) is 13.2 Å². The normalized spacial score (nSPS) is 12.4. The SMILES string of the molecule is C=CCOC(F)(F)C(F)(F)S(=O)(=O)F.C=CCOC(F)(F)C(F)(F)S(=O)(=O)[O-].COS(=O)(=O)[O-].Cc1ccc([S+](c2ccc(C)cc2)c2ccc(C)cc2)cc1.Cc1ccc([S+](c2ccc(C)cc2)c2ccc(C)cc2)cc1.Cc1ccc([S+](c2ccc(C)cc2)c2ccc(C)cc2)cc1.O=S(=O)([O-])C(F)(F)C(F)(F)OCC(O)CO. The zero-order valence-electron chi connectivity index (χ0n) is 63.5. The smallest absolute Gasteiger partial charge is 0.464 e. The van der Waals surface area contributed by atoms with E-state index in [-0.39, 0.29) is 32.7 Å². The molecule has 0 saturated heterocycles. The number of aliphatic hydroxyl groups excluding tert-OH is 2. The maximum atomic E-state index is 12.5. The van der Waals surface area contributed by atoms with Gasteiger partial charge in [0.25, 0.3) is 0 Å². The van der Waals surface area contributed by atoms with Gasteiger partial charge in [-0.2, -0.15) is 61.1 Å². The highest BCUT2D eigenvalue weighted by Gasteiger charge is 2.69. The third-order valence-corrected chi connectivity index (χ3v) is 24.6. The first-order valence-corrected chi connectivity index (χ1v) is 42.6. The van der Waals surface area contributed by atoms with Gasteiger partial charge >= 0.3 is 44.3 Å². The first kappa shape index (κ1) is 102. The fraction of sp³-hybridized carbons (Fsp3) is 0.266. The lowest BCUT2D eigenvalue weighted by Gasteiger charge is -2.28. The fourth-order valence-corrected chi connectivity index (χ4v) is 15.7. The Hall–Kier alpha value is -7.96. The fourth-order valence-electron chi connectivity index (χ4n) is 8.56. The van der Waals surface area contributed by atoms with Crippen LogP contribution < -0.4 is 0 Å². The van der Waals surface area contributed by atoms with Crippen molar-refractivity contribution in [3.63, 3.8) is 0 Å². The first-order chi connectivity index (χ1) is 53.5. The van der Waals surface area contributed by atoms with Gasteiger partial charge in [0.2, 0.25) is 10.4 Å². The van der Waals surface area contributed by atoms with Crippen molar-refractivity contribution in [3.05, 3.63) is 294 Å². The zero-order chi connectivity index (χ0) is 88.2. The molecule has 1 atom stereocenters. The van der Waals surface area contributed by atoms with Gasteiger partial charge in [-0.3, -0.25) is 4.18 Å². The molecule has 9 aromatic rings. The molecule has 0 aliphatic heterocycles. The summed E-state index contributed by atoms with van der Waals surface area (Å²) in [6.45, 7) is 20.4. The Balaban J connectivity index is 0.000000359. The van der Waals surface area contributed by atoms with E-state index < -0.39 is 107 Å². The third-order valence-electron chi connectivity index (χ3n) is 14.9. The van der Waals surface area contributed by atoms with Crippen molar-refractivity contribution < 1.29 is 133 Å². The van der Waals surface area contributed by atoms with Gasteiger partial charge in [0.1, 0.15) is 6.10 Å². The number of benzene rings is 9. The molecule has 1 unspecified atom stereocenters. The molecule has 17 nitrogen and oxygen atoms in total. The maximum absolute atomic E-state index is 12.5. The molecule has 634 valence electrons. The van der Waals surface area contributed by atoms with E-state index in [9.17, 15) is 104 Å². The number of aliphatic hydroxyl groups is 2. The van der Waals surface area contributed by atoms with Gasteiger partial charge in [-0.25, -0.2) is 25.3 Å². The molecule has 37 heteroatoms. The first-order valence-electron chi connectivity index (χ1n) is 33.4. The van der Waals surface area contributed by atoms with Crippen molar-refractivity contribution in [2.45, 2.75) is 147 Å². The van der Waals surface area contributed by atoms with E-state index in [0.717, 1.165) is 7.11 Å². The minimum absolute atomic E-state index is 0.0394. The van der Waals surface area contributed by atoms with Crippen LogP contribution in [0.5, 0.6) is 0 Å². The highest BCUT2D eigenvalue weighted by atomic mass is 32.3. The Morgan fingerprint density at radius 3 is 0.629 bits per heavy atom. The van der Waals surface area contributed by atoms with E-state index in [1.54, 1.807) is 0 Å². The Bertz CT molecular complexity index is 4300. The molecule has 0 aliphatic carbocycles. The number of rotatable bonds is 26. The Morgan fingerprint density at radius 2 is 0.500 bits per heavy atom. The molecular formula is C79H83F13O17S7. The molecular weight excluding hydrogens is 1690 g/mol. The third kappa shape index (κ3) is 31.4. The minimum Gasteiger partial charge on any atom is -0.743 e. The highest BCUT2D eigenvalue weighted by molar-refractivity contribution is 7.97. The van der Waals surface area contributed by atoms with Gasteiger partial charge in [0.15, 0.2) is 64.3 Å². The molecule has 0 heterocycles. The Labute approximate surface area is 675 Å². The summed E-state index contributed by atoms with van der Waals surface area (Å²) in [7, 11) is -23.6. The van der Waals surface area contributed by atoms with E-state index in [0.29, 0.717) is 12.2 Å². The van der Waals surface area contributed by atoms with E-state index in [1.807, 2.05) is 0 Å². The van der Waals surface area contributed by atoms with Crippen LogP contribution in [0.15, 0.2) is 288 Å². The molecule has 0 radical (unpaired) electrons. The molecule has 0 bridgehead atoms. The summed E-state index contributed by atoms with van der Waals surface area (Å²) < 4.78 is 278. The van der Waals surface area contributed by atoms with Gasteiger partial charge in [-0.05, 0) is 172 Å². The molecule has 0 spiro atoms. The van der Waals surface area contributed by atoms with Crippen LogP contribution in [0.1, 0.15) is 50.1 Å². The Kier molecular flexibility index (Phi) is 39.4. The van der Waals surface area contributed by atoms with Crippen LogP contribution in [-0.2, 0) is 91.9 Å². The summed E-state index contributed by atoms with van der Waals surface area (Å²) in [5.41, 5.74) is 11.8. The highest BCUT2D eigenvalue weighted by Crippen LogP contribution is 2.43. The van der Waals surface area contributed by atoms with Crippen molar-refractivity contribution in [1.29, 1.82) is 0 Å². The molecule has 0 fully saturated rings.